The highest BCUT2D eigenvalue weighted by atomic mass is 16.5. The van der Waals surface area contributed by atoms with Gasteiger partial charge < -0.3 is 19.6 Å². The summed E-state index contributed by atoms with van der Waals surface area (Å²) in [6.45, 7) is 1.54. The molecule has 0 radical (unpaired) electrons. The summed E-state index contributed by atoms with van der Waals surface area (Å²) in [5.41, 5.74) is 1.98. The molecule has 0 unspecified atom stereocenters. The smallest absolute Gasteiger partial charge is 0.331 e. The van der Waals surface area contributed by atoms with E-state index in [1.807, 2.05) is 24.3 Å². The fourth-order valence-corrected chi connectivity index (χ4v) is 2.72. The Balaban J connectivity index is 1.67. The van der Waals surface area contributed by atoms with Gasteiger partial charge in [-0.05, 0) is 36.8 Å². The van der Waals surface area contributed by atoms with E-state index in [4.69, 9.17) is 9.47 Å². The van der Waals surface area contributed by atoms with Crippen molar-refractivity contribution < 1.29 is 24.2 Å². The van der Waals surface area contributed by atoms with Crippen LogP contribution in [0.15, 0.2) is 54.7 Å². The Labute approximate surface area is 156 Å². The van der Waals surface area contributed by atoms with Gasteiger partial charge in [0.1, 0.15) is 0 Å². The number of Topliss-reactive ketones (excluding diaryl/α,β-unsaturated/α-hetero) is 1. The van der Waals surface area contributed by atoms with E-state index in [9.17, 15) is 14.7 Å². The number of hydrogen-bond acceptors (Lipinski definition) is 5. The number of aromatic hydroxyl groups is 1. The summed E-state index contributed by atoms with van der Waals surface area (Å²) in [5.74, 6) is -0.605. The number of carbonyl (C=O) groups is 2. The first kappa shape index (κ1) is 18.3. The van der Waals surface area contributed by atoms with Gasteiger partial charge in [0.05, 0.1) is 7.11 Å². The summed E-state index contributed by atoms with van der Waals surface area (Å²) in [5, 5.41) is 10.4. The molecule has 27 heavy (non-hydrogen) atoms. The number of phenolic OH excluding ortho intramolecular Hbond substituents is 1. The Morgan fingerprint density at radius 3 is 2.74 bits per heavy atom. The molecule has 2 aromatic carbocycles. The monoisotopic (exact) mass is 365 g/mol. The highest BCUT2D eigenvalue weighted by Gasteiger charge is 2.21. The zero-order valence-electron chi connectivity index (χ0n) is 14.9. The molecule has 1 heterocycles. The number of rotatable bonds is 6. The van der Waals surface area contributed by atoms with Crippen LogP contribution < -0.4 is 4.74 Å². The van der Waals surface area contributed by atoms with Gasteiger partial charge >= 0.3 is 5.97 Å². The third-order valence-electron chi connectivity index (χ3n) is 4.13. The molecule has 0 bridgehead atoms. The Morgan fingerprint density at radius 2 is 1.96 bits per heavy atom. The lowest BCUT2D eigenvalue weighted by Gasteiger charge is -2.10. The maximum Gasteiger partial charge on any atom is 0.331 e. The van der Waals surface area contributed by atoms with Crippen molar-refractivity contribution in [1.82, 2.24) is 4.98 Å². The second-order valence-electron chi connectivity index (χ2n) is 5.96. The minimum Gasteiger partial charge on any atom is -0.504 e. The van der Waals surface area contributed by atoms with E-state index in [1.54, 1.807) is 25.3 Å². The highest BCUT2D eigenvalue weighted by Crippen LogP contribution is 2.26. The molecule has 0 saturated heterocycles. The fourth-order valence-electron chi connectivity index (χ4n) is 2.72. The number of methoxy groups -OCH3 is 1. The van der Waals surface area contributed by atoms with Crippen LogP contribution in [0.3, 0.4) is 0 Å². The van der Waals surface area contributed by atoms with Gasteiger partial charge in [0.15, 0.2) is 17.6 Å². The molecule has 0 spiro atoms. The number of carbonyl (C=O) groups excluding carboxylic acids is 2. The van der Waals surface area contributed by atoms with E-state index in [2.05, 4.69) is 4.98 Å². The lowest BCUT2D eigenvalue weighted by Crippen LogP contribution is -2.23. The summed E-state index contributed by atoms with van der Waals surface area (Å²) in [7, 11) is 1.44. The van der Waals surface area contributed by atoms with Crippen molar-refractivity contribution in [3.63, 3.8) is 0 Å². The van der Waals surface area contributed by atoms with E-state index < -0.39 is 12.1 Å². The summed E-state index contributed by atoms with van der Waals surface area (Å²) >= 11 is 0. The van der Waals surface area contributed by atoms with Gasteiger partial charge in [0.2, 0.25) is 5.78 Å². The van der Waals surface area contributed by atoms with Crippen molar-refractivity contribution >= 4 is 28.7 Å². The molecule has 6 nitrogen and oxygen atoms in total. The molecule has 1 atom stereocenters. The zero-order valence-corrected chi connectivity index (χ0v) is 14.9. The topological polar surface area (TPSA) is 88.6 Å². The van der Waals surface area contributed by atoms with Crippen LogP contribution in [0.25, 0.3) is 17.0 Å². The number of phenols is 1. The SMILES string of the molecule is COc1cc(/C=C/C(=O)O[C@H](C)C(=O)c2c[nH]c3ccccc23)ccc1O. The van der Waals surface area contributed by atoms with Crippen LogP contribution in [-0.2, 0) is 9.53 Å². The van der Waals surface area contributed by atoms with Crippen molar-refractivity contribution in [3.8, 4) is 11.5 Å². The number of nitrogens with one attached hydrogen (secondary N) is 1. The molecule has 0 amide bonds. The molecule has 138 valence electrons. The Kier molecular flexibility index (Phi) is 5.26. The van der Waals surface area contributed by atoms with Crippen molar-refractivity contribution in [1.29, 1.82) is 0 Å². The van der Waals surface area contributed by atoms with Crippen LogP contribution in [0, 0.1) is 0 Å². The predicted octanol–water partition coefficient (Wildman–Crippen LogP) is 3.71. The number of H-pyrrole nitrogens is 1. The molecule has 1 aromatic heterocycles. The number of benzene rings is 2. The Morgan fingerprint density at radius 1 is 1.19 bits per heavy atom. The first-order chi connectivity index (χ1) is 13.0. The molecular weight excluding hydrogens is 346 g/mol. The number of hydrogen-bond donors (Lipinski definition) is 2. The van der Waals surface area contributed by atoms with Crippen molar-refractivity contribution in [2.45, 2.75) is 13.0 Å². The molecule has 6 heteroatoms. The van der Waals surface area contributed by atoms with Crippen LogP contribution in [0.2, 0.25) is 0 Å². The van der Waals surface area contributed by atoms with Gasteiger partial charge in [-0.25, -0.2) is 4.79 Å². The second-order valence-corrected chi connectivity index (χ2v) is 5.96. The molecule has 0 aliphatic carbocycles. The van der Waals surface area contributed by atoms with Gasteiger partial charge in [-0.2, -0.15) is 0 Å². The number of aromatic amines is 1. The maximum absolute atomic E-state index is 12.6. The van der Waals surface area contributed by atoms with Gasteiger partial charge in [-0.15, -0.1) is 0 Å². The lowest BCUT2D eigenvalue weighted by atomic mass is 10.1. The first-order valence-corrected chi connectivity index (χ1v) is 8.35. The molecule has 3 aromatic rings. The van der Waals surface area contributed by atoms with Crippen LogP contribution in [0.1, 0.15) is 22.8 Å². The van der Waals surface area contributed by atoms with Crippen molar-refractivity contribution in [2.24, 2.45) is 0 Å². The minimum absolute atomic E-state index is 0.00942. The number of fused-ring (bicyclic) bond motifs is 1. The standard InChI is InChI=1S/C21H19NO5/c1-13(21(25)16-12-22-17-6-4-3-5-15(16)17)27-20(24)10-8-14-7-9-18(23)19(11-14)26-2/h3-13,22-23H,1-2H3/b10-8+/t13-/m1/s1. The first-order valence-electron chi connectivity index (χ1n) is 8.35. The summed E-state index contributed by atoms with van der Waals surface area (Å²) in [4.78, 5) is 27.7. The summed E-state index contributed by atoms with van der Waals surface area (Å²) in [6.07, 6.45) is 3.45. The van der Waals surface area contributed by atoms with Crippen LogP contribution >= 0.6 is 0 Å². The van der Waals surface area contributed by atoms with Gasteiger partial charge in [-0.3, -0.25) is 4.79 Å². The number of para-hydroxylation sites is 1. The molecular formula is C21H19NO5. The fraction of sp³-hybridized carbons (Fsp3) is 0.143. The van der Waals surface area contributed by atoms with Gasteiger partial charge in [-0.1, -0.05) is 24.3 Å². The highest BCUT2D eigenvalue weighted by molar-refractivity contribution is 6.10. The quantitative estimate of drug-likeness (QED) is 0.395. The van der Waals surface area contributed by atoms with E-state index in [-0.39, 0.29) is 11.5 Å². The van der Waals surface area contributed by atoms with Crippen LogP contribution in [0.4, 0.5) is 0 Å². The Bertz CT molecular complexity index is 1020. The lowest BCUT2D eigenvalue weighted by molar-refractivity contribution is -0.140. The predicted molar refractivity (Wildman–Crippen MR) is 102 cm³/mol. The largest absolute Gasteiger partial charge is 0.504 e. The molecule has 3 rings (SSSR count). The third kappa shape index (κ3) is 4.00. The van der Waals surface area contributed by atoms with Crippen molar-refractivity contribution in [3.05, 3.63) is 65.9 Å². The van der Waals surface area contributed by atoms with E-state index in [0.717, 1.165) is 10.9 Å². The maximum atomic E-state index is 12.6. The average molecular weight is 365 g/mol. The summed E-state index contributed by atoms with van der Waals surface area (Å²) < 4.78 is 10.2. The Hall–Kier alpha value is -3.54. The van der Waals surface area contributed by atoms with Crippen LogP contribution in [0.5, 0.6) is 11.5 Å². The summed E-state index contributed by atoms with van der Waals surface area (Å²) in [6, 6.07) is 12.1. The molecule has 0 aliphatic rings. The zero-order chi connectivity index (χ0) is 19.4. The van der Waals surface area contributed by atoms with E-state index in [1.165, 1.54) is 25.3 Å². The average Bonchev–Trinajstić information content (AvgIpc) is 3.10. The number of aromatic nitrogens is 1. The number of esters is 1. The minimum atomic E-state index is -0.921. The van der Waals surface area contributed by atoms with E-state index >= 15 is 0 Å². The number of ketones is 1. The van der Waals surface area contributed by atoms with E-state index in [0.29, 0.717) is 16.9 Å². The molecule has 2 N–H and O–H groups in total. The second kappa shape index (κ2) is 7.78. The number of ether oxygens (including phenoxy) is 2. The van der Waals surface area contributed by atoms with Gasteiger partial charge in [0.25, 0.3) is 0 Å². The molecule has 0 saturated carbocycles. The molecule has 0 aliphatic heterocycles. The van der Waals surface area contributed by atoms with Crippen LogP contribution in [-0.4, -0.2) is 35.1 Å². The van der Waals surface area contributed by atoms with Crippen molar-refractivity contribution in [2.75, 3.05) is 7.11 Å². The normalized spacial score (nSPS) is 12.2. The molecule has 0 fully saturated rings. The van der Waals surface area contributed by atoms with Gasteiger partial charge in [0, 0.05) is 28.7 Å². The third-order valence-corrected chi connectivity index (χ3v) is 4.13.